The quantitative estimate of drug-likeness (QED) is 0.939. The Balaban J connectivity index is 2.26. The van der Waals surface area contributed by atoms with Crippen LogP contribution >= 0.6 is 0 Å². The molecule has 0 saturated heterocycles. The summed E-state index contributed by atoms with van der Waals surface area (Å²) in [6.07, 6.45) is -2.98. The third-order valence-corrected chi connectivity index (χ3v) is 3.01. The summed E-state index contributed by atoms with van der Waals surface area (Å²) in [5.41, 5.74) is 0.709. The van der Waals surface area contributed by atoms with E-state index in [1.165, 1.54) is 12.1 Å². The monoisotopic (exact) mass is 297 g/mol. The molecule has 1 N–H and O–H groups in total. The minimum atomic E-state index is -4.54. The summed E-state index contributed by atoms with van der Waals surface area (Å²) in [6, 6.07) is 7.06. The molecule has 6 heteroatoms. The molecule has 1 aromatic carbocycles. The molecule has 0 unspecified atom stereocenters. The molecule has 0 radical (unpaired) electrons. The van der Waals surface area contributed by atoms with Gasteiger partial charge in [0.15, 0.2) is 0 Å². The number of alkyl halides is 3. The molecule has 112 valence electrons. The molecule has 0 saturated carbocycles. The summed E-state index contributed by atoms with van der Waals surface area (Å²) in [6.45, 7) is 1.31. The molecule has 1 aromatic heterocycles. The van der Waals surface area contributed by atoms with E-state index in [1.807, 2.05) is 13.0 Å². The zero-order valence-electron chi connectivity index (χ0n) is 11.3. The lowest BCUT2D eigenvalue weighted by Gasteiger charge is -2.15. The van der Waals surface area contributed by atoms with E-state index in [0.29, 0.717) is 5.69 Å². The van der Waals surface area contributed by atoms with Gasteiger partial charge in [-0.05, 0) is 36.2 Å². The maximum absolute atomic E-state index is 13.0. The molecule has 0 bridgehead atoms. The van der Waals surface area contributed by atoms with E-state index in [-0.39, 0.29) is 17.9 Å². The molecule has 2 aromatic rings. The van der Waals surface area contributed by atoms with E-state index in [2.05, 4.69) is 4.98 Å². The largest absolute Gasteiger partial charge is 0.487 e. The third kappa shape index (κ3) is 3.72. The first-order chi connectivity index (χ1) is 9.91. The second-order valence-corrected chi connectivity index (χ2v) is 4.54. The number of aliphatic hydroxyl groups is 1. The highest BCUT2D eigenvalue weighted by Gasteiger charge is 2.34. The molecule has 0 amide bonds. The molecule has 0 fully saturated rings. The lowest BCUT2D eigenvalue weighted by Crippen LogP contribution is -2.10. The van der Waals surface area contributed by atoms with Gasteiger partial charge in [-0.1, -0.05) is 12.1 Å². The second-order valence-electron chi connectivity index (χ2n) is 4.54. The van der Waals surface area contributed by atoms with E-state index in [9.17, 15) is 13.2 Å². The van der Waals surface area contributed by atoms with Crippen molar-refractivity contribution in [2.75, 3.05) is 0 Å². The minimum Gasteiger partial charge on any atom is -0.487 e. The van der Waals surface area contributed by atoms with Gasteiger partial charge in [-0.3, -0.25) is 4.98 Å². The first kappa shape index (κ1) is 15.3. The number of aryl methyl sites for hydroxylation is 1. The summed E-state index contributed by atoms with van der Waals surface area (Å²) in [5.74, 6) is -0.273. The molecule has 21 heavy (non-hydrogen) atoms. The first-order valence-electron chi connectivity index (χ1n) is 6.26. The summed E-state index contributed by atoms with van der Waals surface area (Å²) < 4.78 is 44.2. The molecule has 0 aliphatic carbocycles. The van der Waals surface area contributed by atoms with Crippen molar-refractivity contribution >= 4 is 0 Å². The van der Waals surface area contributed by atoms with Crippen molar-refractivity contribution in [3.8, 4) is 5.75 Å². The van der Waals surface area contributed by atoms with Crippen LogP contribution < -0.4 is 4.74 Å². The number of benzene rings is 1. The molecule has 0 atom stereocenters. The maximum atomic E-state index is 13.0. The Morgan fingerprint density at radius 3 is 2.62 bits per heavy atom. The van der Waals surface area contributed by atoms with Crippen molar-refractivity contribution < 1.29 is 23.0 Å². The number of rotatable bonds is 4. The number of hydrogen-bond acceptors (Lipinski definition) is 3. The number of nitrogens with zero attached hydrogens (tertiary/aromatic N) is 1. The van der Waals surface area contributed by atoms with Gasteiger partial charge in [0.05, 0.1) is 17.9 Å². The normalized spacial score (nSPS) is 11.5. The highest BCUT2D eigenvalue weighted by atomic mass is 19.4. The van der Waals surface area contributed by atoms with Crippen LogP contribution in [0.15, 0.2) is 36.5 Å². The summed E-state index contributed by atoms with van der Waals surface area (Å²) in [7, 11) is 0. The zero-order chi connectivity index (χ0) is 15.5. The van der Waals surface area contributed by atoms with E-state index < -0.39 is 18.3 Å². The predicted molar refractivity (Wildman–Crippen MR) is 70.7 cm³/mol. The molecule has 2 rings (SSSR count). The van der Waals surface area contributed by atoms with Crippen LogP contribution in [0.3, 0.4) is 0 Å². The number of hydrogen-bond donors (Lipinski definition) is 1. The van der Waals surface area contributed by atoms with Crippen LogP contribution in [0.25, 0.3) is 0 Å². The second kappa shape index (κ2) is 6.13. The molecular formula is C15H14F3NO2. The van der Waals surface area contributed by atoms with Crippen molar-refractivity contribution in [3.05, 3.63) is 58.9 Å². The lowest BCUT2D eigenvalue weighted by molar-refractivity contribution is -0.139. The van der Waals surface area contributed by atoms with Gasteiger partial charge in [0.25, 0.3) is 0 Å². The Labute approximate surface area is 120 Å². The number of pyridine rings is 1. The van der Waals surface area contributed by atoms with Crippen molar-refractivity contribution in [1.29, 1.82) is 0 Å². The van der Waals surface area contributed by atoms with Crippen molar-refractivity contribution in [3.63, 3.8) is 0 Å². The number of aromatic nitrogens is 1. The van der Waals surface area contributed by atoms with E-state index in [1.54, 1.807) is 12.3 Å². The SMILES string of the molecule is Cc1cccnc1COc1ccc(CO)cc1C(F)(F)F. The fourth-order valence-electron chi connectivity index (χ4n) is 1.84. The fraction of sp³-hybridized carbons (Fsp3) is 0.267. The number of ether oxygens (including phenoxy) is 1. The maximum Gasteiger partial charge on any atom is 0.419 e. The Morgan fingerprint density at radius 1 is 1.24 bits per heavy atom. The molecule has 0 spiro atoms. The van der Waals surface area contributed by atoms with Crippen LogP contribution in [0.1, 0.15) is 22.4 Å². The van der Waals surface area contributed by atoms with Crippen LogP contribution in [0.4, 0.5) is 13.2 Å². The van der Waals surface area contributed by atoms with Crippen LogP contribution in [0.5, 0.6) is 5.75 Å². The molecule has 1 heterocycles. The van der Waals surface area contributed by atoms with E-state index in [4.69, 9.17) is 9.84 Å². The smallest absolute Gasteiger partial charge is 0.419 e. The van der Waals surface area contributed by atoms with Gasteiger partial charge >= 0.3 is 6.18 Å². The molecular weight excluding hydrogens is 283 g/mol. The predicted octanol–water partition coefficient (Wildman–Crippen LogP) is 3.48. The summed E-state index contributed by atoms with van der Waals surface area (Å²) >= 11 is 0. The Morgan fingerprint density at radius 2 is 2.00 bits per heavy atom. The molecule has 0 aliphatic heterocycles. The van der Waals surface area contributed by atoms with Gasteiger partial charge in [-0.2, -0.15) is 13.2 Å². The van der Waals surface area contributed by atoms with E-state index >= 15 is 0 Å². The van der Waals surface area contributed by atoms with Crippen molar-refractivity contribution in [2.45, 2.75) is 26.3 Å². The van der Waals surface area contributed by atoms with Gasteiger partial charge in [0, 0.05) is 6.20 Å². The Hall–Kier alpha value is -2.08. The van der Waals surface area contributed by atoms with Gasteiger partial charge in [0.2, 0.25) is 0 Å². The standard InChI is InChI=1S/C15H14F3NO2/c1-10-3-2-6-19-13(10)9-21-14-5-4-11(8-20)7-12(14)15(16,17)18/h2-7,20H,8-9H2,1H3. The van der Waals surface area contributed by atoms with Gasteiger partial charge in [-0.25, -0.2) is 0 Å². The lowest BCUT2D eigenvalue weighted by atomic mass is 10.1. The third-order valence-electron chi connectivity index (χ3n) is 3.01. The minimum absolute atomic E-state index is 0.0474. The van der Waals surface area contributed by atoms with Crippen molar-refractivity contribution in [2.24, 2.45) is 0 Å². The van der Waals surface area contributed by atoms with Crippen LogP contribution in [-0.2, 0) is 19.4 Å². The van der Waals surface area contributed by atoms with Gasteiger partial charge in [0.1, 0.15) is 12.4 Å². The highest BCUT2D eigenvalue weighted by molar-refractivity contribution is 5.39. The fourth-order valence-corrected chi connectivity index (χ4v) is 1.84. The topological polar surface area (TPSA) is 42.4 Å². The Kier molecular flexibility index (Phi) is 4.47. The van der Waals surface area contributed by atoms with Gasteiger partial charge in [-0.15, -0.1) is 0 Å². The number of aliphatic hydroxyl groups excluding tert-OH is 1. The summed E-state index contributed by atoms with van der Waals surface area (Å²) in [4.78, 5) is 4.07. The zero-order valence-corrected chi connectivity index (χ0v) is 11.3. The van der Waals surface area contributed by atoms with Crippen LogP contribution in [-0.4, -0.2) is 10.1 Å². The highest BCUT2D eigenvalue weighted by Crippen LogP contribution is 2.37. The molecule has 3 nitrogen and oxygen atoms in total. The number of halogens is 3. The first-order valence-corrected chi connectivity index (χ1v) is 6.26. The van der Waals surface area contributed by atoms with Gasteiger partial charge < -0.3 is 9.84 Å². The summed E-state index contributed by atoms with van der Waals surface area (Å²) in [5, 5.41) is 8.94. The van der Waals surface area contributed by atoms with E-state index in [0.717, 1.165) is 11.6 Å². The van der Waals surface area contributed by atoms with Crippen LogP contribution in [0.2, 0.25) is 0 Å². The van der Waals surface area contributed by atoms with Crippen LogP contribution in [0, 0.1) is 6.92 Å². The Bertz CT molecular complexity index is 627. The average Bonchev–Trinajstić information content (AvgIpc) is 2.45. The average molecular weight is 297 g/mol. The molecule has 0 aliphatic rings. The van der Waals surface area contributed by atoms with Crippen molar-refractivity contribution in [1.82, 2.24) is 4.98 Å².